The van der Waals surface area contributed by atoms with Crippen LogP contribution in [0.5, 0.6) is 0 Å². The quantitative estimate of drug-likeness (QED) is 0.772. The van der Waals surface area contributed by atoms with E-state index in [0.717, 1.165) is 43.3 Å². The SMILES string of the molecule is Cc1cn2nc(Cl)cc(N3CCOCC3)c2n1. The molecule has 0 N–H and O–H groups in total. The lowest BCUT2D eigenvalue weighted by molar-refractivity contribution is 0.123. The molecule has 0 aromatic carbocycles. The van der Waals surface area contributed by atoms with E-state index in [-0.39, 0.29) is 0 Å². The summed E-state index contributed by atoms with van der Waals surface area (Å²) in [4.78, 5) is 6.72. The van der Waals surface area contributed by atoms with E-state index in [0.29, 0.717) is 5.15 Å². The van der Waals surface area contributed by atoms with Crippen LogP contribution in [0.2, 0.25) is 5.15 Å². The number of fused-ring (bicyclic) bond motifs is 1. The average molecular weight is 253 g/mol. The van der Waals surface area contributed by atoms with E-state index in [1.54, 1.807) is 4.52 Å². The van der Waals surface area contributed by atoms with E-state index in [9.17, 15) is 0 Å². The molecule has 1 aliphatic rings. The second kappa shape index (κ2) is 4.16. The largest absolute Gasteiger partial charge is 0.378 e. The summed E-state index contributed by atoms with van der Waals surface area (Å²) in [5.41, 5.74) is 2.82. The Labute approximate surface area is 104 Å². The number of halogens is 1. The van der Waals surface area contributed by atoms with E-state index in [1.807, 2.05) is 19.2 Å². The first-order valence-corrected chi connectivity index (χ1v) is 5.97. The molecule has 17 heavy (non-hydrogen) atoms. The topological polar surface area (TPSA) is 42.7 Å². The van der Waals surface area contributed by atoms with Gasteiger partial charge in [0.2, 0.25) is 0 Å². The molecule has 90 valence electrons. The normalized spacial score (nSPS) is 16.7. The summed E-state index contributed by atoms with van der Waals surface area (Å²) in [6.07, 6.45) is 1.88. The van der Waals surface area contributed by atoms with E-state index in [2.05, 4.69) is 15.0 Å². The molecule has 0 aliphatic carbocycles. The highest BCUT2D eigenvalue weighted by atomic mass is 35.5. The molecule has 1 fully saturated rings. The van der Waals surface area contributed by atoms with Crippen molar-refractivity contribution in [1.29, 1.82) is 0 Å². The number of morpholine rings is 1. The molecule has 5 nitrogen and oxygen atoms in total. The van der Waals surface area contributed by atoms with Crippen LogP contribution in [-0.4, -0.2) is 40.9 Å². The van der Waals surface area contributed by atoms with Gasteiger partial charge in [-0.2, -0.15) is 5.10 Å². The lowest BCUT2D eigenvalue weighted by Crippen LogP contribution is -2.36. The lowest BCUT2D eigenvalue weighted by atomic mass is 10.3. The Morgan fingerprint density at radius 3 is 2.88 bits per heavy atom. The molecule has 2 aromatic rings. The van der Waals surface area contributed by atoms with Crippen LogP contribution >= 0.6 is 11.6 Å². The zero-order chi connectivity index (χ0) is 11.8. The first-order valence-electron chi connectivity index (χ1n) is 5.59. The summed E-state index contributed by atoms with van der Waals surface area (Å²) >= 11 is 6.03. The fourth-order valence-electron chi connectivity index (χ4n) is 2.08. The lowest BCUT2D eigenvalue weighted by Gasteiger charge is -2.28. The number of aromatic nitrogens is 3. The van der Waals surface area contributed by atoms with Crippen molar-refractivity contribution < 1.29 is 4.74 Å². The van der Waals surface area contributed by atoms with Crippen molar-refractivity contribution in [3.8, 4) is 0 Å². The maximum atomic E-state index is 6.03. The fourth-order valence-corrected chi connectivity index (χ4v) is 2.27. The third-order valence-corrected chi connectivity index (χ3v) is 3.03. The third-order valence-electron chi connectivity index (χ3n) is 2.85. The zero-order valence-electron chi connectivity index (χ0n) is 9.56. The molecule has 3 rings (SSSR count). The van der Waals surface area contributed by atoms with Crippen LogP contribution in [0.1, 0.15) is 5.69 Å². The van der Waals surface area contributed by atoms with Crippen LogP contribution in [0.25, 0.3) is 5.65 Å². The Kier molecular flexibility index (Phi) is 2.64. The number of rotatable bonds is 1. The van der Waals surface area contributed by atoms with Gasteiger partial charge in [-0.25, -0.2) is 9.50 Å². The number of nitrogens with zero attached hydrogens (tertiary/aromatic N) is 4. The smallest absolute Gasteiger partial charge is 0.177 e. The van der Waals surface area contributed by atoms with Gasteiger partial charge in [0.1, 0.15) is 0 Å². The molecular weight excluding hydrogens is 240 g/mol. The van der Waals surface area contributed by atoms with Crippen molar-refractivity contribution in [2.45, 2.75) is 6.92 Å². The number of aryl methyl sites for hydroxylation is 1. The van der Waals surface area contributed by atoms with Crippen LogP contribution in [0, 0.1) is 6.92 Å². The molecule has 1 aliphatic heterocycles. The van der Waals surface area contributed by atoms with Crippen LogP contribution in [0.4, 0.5) is 5.69 Å². The maximum Gasteiger partial charge on any atom is 0.177 e. The second-order valence-corrected chi connectivity index (χ2v) is 4.49. The zero-order valence-corrected chi connectivity index (χ0v) is 10.3. The van der Waals surface area contributed by atoms with Crippen molar-refractivity contribution in [1.82, 2.24) is 14.6 Å². The van der Waals surface area contributed by atoms with Gasteiger partial charge in [-0.1, -0.05) is 11.6 Å². The van der Waals surface area contributed by atoms with Gasteiger partial charge < -0.3 is 9.64 Å². The van der Waals surface area contributed by atoms with Crippen molar-refractivity contribution in [3.63, 3.8) is 0 Å². The Bertz CT molecular complexity index is 548. The average Bonchev–Trinajstić information content (AvgIpc) is 2.69. The van der Waals surface area contributed by atoms with Crippen LogP contribution < -0.4 is 4.90 Å². The van der Waals surface area contributed by atoms with Crippen molar-refractivity contribution >= 4 is 22.9 Å². The first kappa shape index (κ1) is 10.8. The molecule has 0 bridgehead atoms. The summed E-state index contributed by atoms with van der Waals surface area (Å²) in [7, 11) is 0. The van der Waals surface area contributed by atoms with Crippen molar-refractivity contribution in [3.05, 3.63) is 23.1 Å². The van der Waals surface area contributed by atoms with E-state index in [4.69, 9.17) is 16.3 Å². The molecular formula is C11H13ClN4O. The van der Waals surface area contributed by atoms with Gasteiger partial charge in [-0.15, -0.1) is 0 Å². The Hall–Kier alpha value is -1.33. The molecule has 3 heterocycles. The van der Waals surface area contributed by atoms with Gasteiger partial charge >= 0.3 is 0 Å². The Morgan fingerprint density at radius 1 is 1.35 bits per heavy atom. The summed E-state index contributed by atoms with van der Waals surface area (Å²) in [5, 5.41) is 4.70. The highest BCUT2D eigenvalue weighted by molar-refractivity contribution is 6.29. The molecule has 0 saturated carbocycles. The first-order chi connectivity index (χ1) is 8.24. The van der Waals surface area contributed by atoms with Gasteiger partial charge in [-0.3, -0.25) is 0 Å². The predicted octanol–water partition coefficient (Wildman–Crippen LogP) is 1.53. The second-order valence-electron chi connectivity index (χ2n) is 4.10. The van der Waals surface area contributed by atoms with Gasteiger partial charge in [0.05, 0.1) is 30.8 Å². The number of imidazole rings is 1. The van der Waals surface area contributed by atoms with Gasteiger partial charge in [0.15, 0.2) is 10.8 Å². The molecule has 0 atom stereocenters. The summed E-state index contributed by atoms with van der Waals surface area (Å²) in [5.74, 6) is 0. The standard InChI is InChI=1S/C11H13ClN4O/c1-8-7-16-11(13-8)9(6-10(12)14-16)15-2-4-17-5-3-15/h6-7H,2-5H2,1H3. The summed E-state index contributed by atoms with van der Waals surface area (Å²) < 4.78 is 7.09. The van der Waals surface area contributed by atoms with Crippen LogP contribution in [-0.2, 0) is 4.74 Å². The molecule has 0 radical (unpaired) electrons. The Balaban J connectivity index is 2.12. The van der Waals surface area contributed by atoms with Gasteiger partial charge in [-0.05, 0) is 6.92 Å². The molecule has 2 aromatic heterocycles. The van der Waals surface area contributed by atoms with Crippen molar-refractivity contribution in [2.75, 3.05) is 31.2 Å². The predicted molar refractivity (Wildman–Crippen MR) is 65.8 cm³/mol. The Morgan fingerprint density at radius 2 is 2.12 bits per heavy atom. The monoisotopic (exact) mass is 252 g/mol. The van der Waals surface area contributed by atoms with Gasteiger partial charge in [0, 0.05) is 19.2 Å². The molecule has 0 spiro atoms. The minimum atomic E-state index is 0.483. The fraction of sp³-hybridized carbons (Fsp3) is 0.455. The van der Waals surface area contributed by atoms with Crippen LogP contribution in [0.3, 0.4) is 0 Å². The number of hydrogen-bond acceptors (Lipinski definition) is 4. The third kappa shape index (κ3) is 1.96. The molecule has 0 unspecified atom stereocenters. The van der Waals surface area contributed by atoms with Gasteiger partial charge in [0.25, 0.3) is 0 Å². The number of ether oxygens (including phenoxy) is 1. The molecule has 6 heteroatoms. The minimum Gasteiger partial charge on any atom is -0.378 e. The van der Waals surface area contributed by atoms with E-state index >= 15 is 0 Å². The number of anilines is 1. The highest BCUT2D eigenvalue weighted by Gasteiger charge is 2.17. The summed E-state index contributed by atoms with van der Waals surface area (Å²) in [6, 6.07) is 1.87. The minimum absolute atomic E-state index is 0.483. The van der Waals surface area contributed by atoms with E-state index in [1.165, 1.54) is 0 Å². The van der Waals surface area contributed by atoms with Crippen molar-refractivity contribution in [2.24, 2.45) is 0 Å². The molecule has 1 saturated heterocycles. The maximum absolute atomic E-state index is 6.03. The highest BCUT2D eigenvalue weighted by Crippen LogP contribution is 2.24. The molecule has 0 amide bonds. The van der Waals surface area contributed by atoms with E-state index < -0.39 is 0 Å². The number of hydrogen-bond donors (Lipinski definition) is 0. The van der Waals surface area contributed by atoms with Crippen LogP contribution in [0.15, 0.2) is 12.3 Å². The summed E-state index contributed by atoms with van der Waals surface area (Å²) in [6.45, 7) is 5.16.